The van der Waals surface area contributed by atoms with Gasteiger partial charge in [0.25, 0.3) is 5.56 Å². The Kier molecular flexibility index (Phi) is 5.92. The fraction of sp³-hybridized carbons (Fsp3) is 0.217. The van der Waals surface area contributed by atoms with E-state index in [9.17, 15) is 9.18 Å². The molecule has 30 heavy (non-hydrogen) atoms. The summed E-state index contributed by atoms with van der Waals surface area (Å²) in [5, 5.41) is 2.51. The Labute approximate surface area is 177 Å². The zero-order valence-electron chi connectivity index (χ0n) is 16.7. The minimum atomic E-state index is -0.333. The summed E-state index contributed by atoms with van der Waals surface area (Å²) in [5.41, 5.74) is 2.27. The van der Waals surface area contributed by atoms with E-state index in [2.05, 4.69) is 0 Å². The summed E-state index contributed by atoms with van der Waals surface area (Å²) in [4.78, 5) is 19.0. The summed E-state index contributed by atoms with van der Waals surface area (Å²) in [5.74, 6) is 1.01. The van der Waals surface area contributed by atoms with E-state index in [1.165, 1.54) is 23.5 Å². The van der Waals surface area contributed by atoms with Crippen molar-refractivity contribution in [2.75, 3.05) is 20.8 Å². The van der Waals surface area contributed by atoms with Crippen molar-refractivity contribution in [1.82, 2.24) is 9.55 Å². The first-order valence-electron chi connectivity index (χ1n) is 9.49. The first-order valence-corrected chi connectivity index (χ1v) is 10.4. The number of aromatic nitrogens is 2. The molecule has 7 heteroatoms. The number of methoxy groups -OCH3 is 2. The van der Waals surface area contributed by atoms with Gasteiger partial charge in [-0.05, 0) is 35.4 Å². The third-order valence-electron chi connectivity index (χ3n) is 4.91. The van der Waals surface area contributed by atoms with Crippen LogP contribution in [-0.4, -0.2) is 30.4 Å². The highest BCUT2D eigenvalue weighted by molar-refractivity contribution is 7.17. The standard InChI is InChI=1S/C23H21FN2O3S/c1-28-10-9-20-25-22-21(19(14-30-22)16-6-4-8-18(12-16)29-2)23(27)26(20)13-15-5-3-7-17(24)11-15/h3-8,11-12,14H,9-10,13H2,1-2H3. The second-order valence-electron chi connectivity index (χ2n) is 6.85. The van der Waals surface area contributed by atoms with Crippen molar-refractivity contribution >= 4 is 21.6 Å². The molecule has 2 aromatic heterocycles. The van der Waals surface area contributed by atoms with Crippen molar-refractivity contribution in [3.63, 3.8) is 0 Å². The molecule has 4 rings (SSSR count). The highest BCUT2D eigenvalue weighted by Gasteiger charge is 2.18. The lowest BCUT2D eigenvalue weighted by Gasteiger charge is -2.13. The van der Waals surface area contributed by atoms with Gasteiger partial charge in [0.2, 0.25) is 0 Å². The molecule has 0 saturated carbocycles. The number of hydrogen-bond donors (Lipinski definition) is 0. The summed E-state index contributed by atoms with van der Waals surface area (Å²) < 4.78 is 25.8. The molecule has 2 heterocycles. The van der Waals surface area contributed by atoms with Gasteiger partial charge in [-0.1, -0.05) is 24.3 Å². The van der Waals surface area contributed by atoms with E-state index in [0.29, 0.717) is 34.6 Å². The maximum atomic E-state index is 13.7. The predicted octanol–water partition coefficient (Wildman–Crippen LogP) is 4.51. The molecule has 4 aromatic rings. The second-order valence-corrected chi connectivity index (χ2v) is 7.71. The van der Waals surface area contributed by atoms with Gasteiger partial charge in [-0.2, -0.15) is 0 Å². The Balaban J connectivity index is 1.89. The van der Waals surface area contributed by atoms with E-state index in [4.69, 9.17) is 14.5 Å². The summed E-state index contributed by atoms with van der Waals surface area (Å²) in [6, 6.07) is 13.9. The monoisotopic (exact) mass is 424 g/mol. The molecule has 0 bridgehead atoms. The van der Waals surface area contributed by atoms with E-state index in [1.807, 2.05) is 29.6 Å². The van der Waals surface area contributed by atoms with Gasteiger partial charge in [0.1, 0.15) is 22.2 Å². The maximum absolute atomic E-state index is 13.7. The van der Waals surface area contributed by atoms with Crippen LogP contribution in [0.5, 0.6) is 5.75 Å². The van der Waals surface area contributed by atoms with E-state index in [-0.39, 0.29) is 17.9 Å². The molecule has 5 nitrogen and oxygen atoms in total. The molecular weight excluding hydrogens is 403 g/mol. The minimum absolute atomic E-state index is 0.144. The maximum Gasteiger partial charge on any atom is 0.263 e. The van der Waals surface area contributed by atoms with Gasteiger partial charge in [0.15, 0.2) is 0 Å². The zero-order valence-corrected chi connectivity index (χ0v) is 17.5. The Hall–Kier alpha value is -3.03. The number of benzene rings is 2. The van der Waals surface area contributed by atoms with Gasteiger partial charge in [-0.25, -0.2) is 9.37 Å². The van der Waals surface area contributed by atoms with Crippen molar-refractivity contribution in [3.8, 4) is 16.9 Å². The summed E-state index contributed by atoms with van der Waals surface area (Å²) in [7, 11) is 3.22. The molecule has 0 unspecified atom stereocenters. The molecule has 154 valence electrons. The lowest BCUT2D eigenvalue weighted by atomic mass is 10.1. The molecule has 0 aliphatic carbocycles. The Bertz CT molecular complexity index is 1250. The van der Waals surface area contributed by atoms with E-state index >= 15 is 0 Å². The topological polar surface area (TPSA) is 53.4 Å². The number of fused-ring (bicyclic) bond motifs is 1. The minimum Gasteiger partial charge on any atom is -0.497 e. The molecule has 0 atom stereocenters. The number of hydrogen-bond acceptors (Lipinski definition) is 5. The van der Waals surface area contributed by atoms with Crippen LogP contribution in [0.15, 0.2) is 58.7 Å². The summed E-state index contributed by atoms with van der Waals surface area (Å²) >= 11 is 1.44. The largest absolute Gasteiger partial charge is 0.497 e. The van der Waals surface area contributed by atoms with Crippen LogP contribution in [0.4, 0.5) is 4.39 Å². The van der Waals surface area contributed by atoms with Crippen LogP contribution in [0.25, 0.3) is 21.3 Å². The molecule has 0 N–H and O–H groups in total. The molecule has 0 amide bonds. The molecular formula is C23H21FN2O3S. The highest BCUT2D eigenvalue weighted by atomic mass is 32.1. The van der Waals surface area contributed by atoms with Crippen molar-refractivity contribution in [2.24, 2.45) is 0 Å². The fourth-order valence-corrected chi connectivity index (χ4v) is 4.39. The average Bonchev–Trinajstić information content (AvgIpc) is 3.19. The highest BCUT2D eigenvalue weighted by Crippen LogP contribution is 2.33. The van der Waals surface area contributed by atoms with E-state index < -0.39 is 0 Å². The van der Waals surface area contributed by atoms with Crippen LogP contribution < -0.4 is 10.3 Å². The van der Waals surface area contributed by atoms with Crippen LogP contribution >= 0.6 is 11.3 Å². The first-order chi connectivity index (χ1) is 14.6. The van der Waals surface area contributed by atoms with Crippen molar-refractivity contribution in [3.05, 3.63) is 81.5 Å². The zero-order chi connectivity index (χ0) is 21.1. The number of ether oxygens (including phenoxy) is 2. The number of halogens is 1. The molecule has 0 saturated heterocycles. The molecule has 0 aliphatic rings. The van der Waals surface area contributed by atoms with E-state index in [1.54, 1.807) is 30.9 Å². The van der Waals surface area contributed by atoms with Crippen molar-refractivity contribution in [2.45, 2.75) is 13.0 Å². The number of thiophene rings is 1. The quantitative estimate of drug-likeness (QED) is 0.438. The Morgan fingerprint density at radius 3 is 2.73 bits per heavy atom. The van der Waals surface area contributed by atoms with E-state index in [0.717, 1.165) is 16.9 Å². The van der Waals surface area contributed by atoms with Crippen molar-refractivity contribution in [1.29, 1.82) is 0 Å². The van der Waals surface area contributed by atoms with Crippen LogP contribution in [0.1, 0.15) is 11.4 Å². The molecule has 0 spiro atoms. The van der Waals surface area contributed by atoms with Gasteiger partial charge >= 0.3 is 0 Å². The first kappa shape index (κ1) is 20.3. The normalized spacial score (nSPS) is 11.2. The number of rotatable bonds is 7. The number of nitrogens with zero attached hydrogens (tertiary/aromatic N) is 2. The fourth-order valence-electron chi connectivity index (χ4n) is 3.43. The van der Waals surface area contributed by atoms with Gasteiger partial charge in [0.05, 0.1) is 25.6 Å². The van der Waals surface area contributed by atoms with Crippen molar-refractivity contribution < 1.29 is 13.9 Å². The summed E-state index contributed by atoms with van der Waals surface area (Å²) in [6.45, 7) is 0.682. The van der Waals surface area contributed by atoms with Crippen LogP contribution in [-0.2, 0) is 17.7 Å². The third-order valence-corrected chi connectivity index (χ3v) is 5.79. The predicted molar refractivity (Wildman–Crippen MR) is 117 cm³/mol. The Morgan fingerprint density at radius 1 is 1.13 bits per heavy atom. The lowest BCUT2D eigenvalue weighted by molar-refractivity contribution is 0.199. The SMILES string of the molecule is COCCc1nc2scc(-c3cccc(OC)c3)c2c(=O)n1Cc1cccc(F)c1. The molecule has 0 radical (unpaired) electrons. The van der Waals surface area contributed by atoms with Crippen LogP contribution in [0.3, 0.4) is 0 Å². The molecule has 0 fully saturated rings. The van der Waals surface area contributed by atoms with Gasteiger partial charge in [-0.15, -0.1) is 11.3 Å². The lowest BCUT2D eigenvalue weighted by Crippen LogP contribution is -2.26. The second kappa shape index (κ2) is 8.77. The third kappa shape index (κ3) is 3.99. The molecule has 0 aliphatic heterocycles. The van der Waals surface area contributed by atoms with Crippen LogP contribution in [0, 0.1) is 5.82 Å². The van der Waals surface area contributed by atoms with Gasteiger partial charge < -0.3 is 9.47 Å². The van der Waals surface area contributed by atoms with Crippen LogP contribution in [0.2, 0.25) is 0 Å². The Morgan fingerprint density at radius 2 is 1.97 bits per heavy atom. The smallest absolute Gasteiger partial charge is 0.263 e. The van der Waals surface area contributed by atoms with Gasteiger partial charge in [-0.3, -0.25) is 9.36 Å². The van der Waals surface area contributed by atoms with Gasteiger partial charge in [0, 0.05) is 24.5 Å². The average molecular weight is 424 g/mol. The summed E-state index contributed by atoms with van der Waals surface area (Å²) in [6.07, 6.45) is 0.489. The molecule has 2 aromatic carbocycles.